The lowest BCUT2D eigenvalue weighted by atomic mass is 10.0. The standard InChI is InChI=1S/C10H14N2O3.ClH/c1-7-2-3-8(9(11)4-5-13)6-10(7)12(14)15;/h2-3,6,9,13H,4-5,11H2,1H3;1H/t9-;/m1./s1. The highest BCUT2D eigenvalue weighted by Gasteiger charge is 2.14. The van der Waals surface area contributed by atoms with Crippen LogP contribution in [0.4, 0.5) is 5.69 Å². The van der Waals surface area contributed by atoms with E-state index in [2.05, 4.69) is 0 Å². The molecule has 0 aliphatic rings. The zero-order chi connectivity index (χ0) is 11.4. The van der Waals surface area contributed by atoms with E-state index >= 15 is 0 Å². The van der Waals surface area contributed by atoms with Crippen LogP contribution in [0.15, 0.2) is 18.2 Å². The summed E-state index contributed by atoms with van der Waals surface area (Å²) in [6.07, 6.45) is 0.403. The lowest BCUT2D eigenvalue weighted by Crippen LogP contribution is -2.12. The third-order valence-corrected chi connectivity index (χ3v) is 2.30. The van der Waals surface area contributed by atoms with Gasteiger partial charge in [0.2, 0.25) is 0 Å². The van der Waals surface area contributed by atoms with Gasteiger partial charge < -0.3 is 10.8 Å². The van der Waals surface area contributed by atoms with Gasteiger partial charge in [-0.25, -0.2) is 0 Å². The van der Waals surface area contributed by atoms with Crippen LogP contribution in [0.2, 0.25) is 0 Å². The summed E-state index contributed by atoms with van der Waals surface area (Å²) in [7, 11) is 0. The Morgan fingerprint density at radius 3 is 2.69 bits per heavy atom. The van der Waals surface area contributed by atoms with E-state index in [0.29, 0.717) is 17.5 Å². The highest BCUT2D eigenvalue weighted by atomic mass is 35.5. The lowest BCUT2D eigenvalue weighted by Gasteiger charge is -2.10. The van der Waals surface area contributed by atoms with Gasteiger partial charge in [-0.05, 0) is 18.9 Å². The summed E-state index contributed by atoms with van der Waals surface area (Å²) in [6, 6.07) is 4.54. The molecule has 1 aromatic rings. The topological polar surface area (TPSA) is 89.4 Å². The van der Waals surface area contributed by atoms with Gasteiger partial charge in [-0.15, -0.1) is 12.4 Å². The van der Waals surface area contributed by atoms with Crippen molar-refractivity contribution in [3.63, 3.8) is 0 Å². The van der Waals surface area contributed by atoms with Gasteiger partial charge in [0.25, 0.3) is 5.69 Å². The van der Waals surface area contributed by atoms with Gasteiger partial charge in [0.05, 0.1) is 4.92 Å². The summed E-state index contributed by atoms with van der Waals surface area (Å²) in [5.74, 6) is 0. The van der Waals surface area contributed by atoms with Gasteiger partial charge in [0.1, 0.15) is 0 Å². The van der Waals surface area contributed by atoms with E-state index in [1.54, 1.807) is 19.1 Å². The predicted octanol–water partition coefficient (Wildman–Crippen LogP) is 1.71. The third-order valence-electron chi connectivity index (χ3n) is 2.30. The number of halogens is 1. The van der Waals surface area contributed by atoms with Gasteiger partial charge in [0.15, 0.2) is 0 Å². The van der Waals surface area contributed by atoms with Gasteiger partial charge in [0, 0.05) is 24.3 Å². The van der Waals surface area contributed by atoms with Crippen LogP contribution in [0.1, 0.15) is 23.6 Å². The molecule has 1 aromatic carbocycles. The molecule has 0 aliphatic heterocycles. The minimum atomic E-state index is -0.426. The molecule has 0 saturated carbocycles. The normalized spacial score (nSPS) is 11.7. The fraction of sp³-hybridized carbons (Fsp3) is 0.400. The van der Waals surface area contributed by atoms with Crippen LogP contribution in [0.5, 0.6) is 0 Å². The number of nitro benzene ring substituents is 1. The zero-order valence-corrected chi connectivity index (χ0v) is 9.74. The van der Waals surface area contributed by atoms with Crippen LogP contribution >= 0.6 is 12.4 Å². The SMILES string of the molecule is Cc1ccc([C@H](N)CCO)cc1[N+](=O)[O-].Cl. The van der Waals surface area contributed by atoms with E-state index in [1.165, 1.54) is 6.07 Å². The molecule has 0 aliphatic carbocycles. The van der Waals surface area contributed by atoms with Crippen molar-refractivity contribution < 1.29 is 10.0 Å². The molecule has 3 N–H and O–H groups in total. The minimum Gasteiger partial charge on any atom is -0.396 e. The molecule has 0 amide bonds. The molecule has 0 aromatic heterocycles. The first-order valence-electron chi connectivity index (χ1n) is 4.67. The fourth-order valence-corrected chi connectivity index (χ4v) is 1.36. The maximum Gasteiger partial charge on any atom is 0.272 e. The number of nitrogens with zero attached hydrogens (tertiary/aromatic N) is 1. The average Bonchev–Trinajstić information content (AvgIpc) is 2.18. The summed E-state index contributed by atoms with van der Waals surface area (Å²) in [4.78, 5) is 10.2. The number of nitrogens with two attached hydrogens (primary N) is 1. The summed E-state index contributed by atoms with van der Waals surface area (Å²) >= 11 is 0. The number of benzene rings is 1. The molecule has 1 rings (SSSR count). The molecule has 0 spiro atoms. The van der Waals surface area contributed by atoms with Gasteiger partial charge in [-0.3, -0.25) is 10.1 Å². The second-order valence-corrected chi connectivity index (χ2v) is 3.42. The largest absolute Gasteiger partial charge is 0.396 e. The van der Waals surface area contributed by atoms with E-state index in [4.69, 9.17) is 10.8 Å². The Kier molecular flexibility index (Phi) is 5.95. The summed E-state index contributed by atoms with van der Waals surface area (Å²) in [5, 5.41) is 19.4. The number of aliphatic hydroxyl groups excluding tert-OH is 1. The molecular weight excluding hydrogens is 232 g/mol. The van der Waals surface area contributed by atoms with Crippen molar-refractivity contribution in [3.05, 3.63) is 39.4 Å². The Labute approximate surface area is 99.8 Å². The first-order chi connectivity index (χ1) is 7.06. The summed E-state index contributed by atoms with van der Waals surface area (Å²) in [6.45, 7) is 1.66. The van der Waals surface area contributed by atoms with Crippen LogP contribution in [-0.4, -0.2) is 16.6 Å². The smallest absolute Gasteiger partial charge is 0.272 e. The number of aliphatic hydroxyl groups is 1. The molecule has 5 nitrogen and oxygen atoms in total. The average molecular weight is 247 g/mol. The van der Waals surface area contributed by atoms with E-state index in [1.807, 2.05) is 0 Å². The summed E-state index contributed by atoms with van der Waals surface area (Å²) in [5.41, 5.74) is 7.11. The van der Waals surface area contributed by atoms with E-state index in [9.17, 15) is 10.1 Å². The quantitative estimate of drug-likeness (QED) is 0.625. The number of hydrogen-bond donors (Lipinski definition) is 2. The van der Waals surface area contributed by atoms with Gasteiger partial charge in [-0.2, -0.15) is 0 Å². The monoisotopic (exact) mass is 246 g/mol. The van der Waals surface area contributed by atoms with Crippen molar-refractivity contribution in [3.8, 4) is 0 Å². The van der Waals surface area contributed by atoms with E-state index < -0.39 is 4.92 Å². The second-order valence-electron chi connectivity index (χ2n) is 3.42. The molecule has 16 heavy (non-hydrogen) atoms. The van der Waals surface area contributed by atoms with Crippen molar-refractivity contribution in [2.75, 3.05) is 6.61 Å². The first-order valence-corrected chi connectivity index (χ1v) is 4.67. The highest BCUT2D eigenvalue weighted by molar-refractivity contribution is 5.85. The van der Waals surface area contributed by atoms with E-state index in [0.717, 1.165) is 0 Å². The molecule has 90 valence electrons. The molecule has 1 atom stereocenters. The van der Waals surface area contributed by atoms with Crippen molar-refractivity contribution in [1.29, 1.82) is 0 Å². The zero-order valence-electron chi connectivity index (χ0n) is 8.92. The molecule has 0 radical (unpaired) electrons. The number of hydrogen-bond acceptors (Lipinski definition) is 4. The molecule has 0 saturated heterocycles. The molecule has 0 fully saturated rings. The molecule has 0 heterocycles. The molecular formula is C10H15ClN2O3. The van der Waals surface area contributed by atoms with Crippen LogP contribution in [0.25, 0.3) is 0 Å². The molecule has 6 heteroatoms. The Bertz CT molecular complexity index is 371. The van der Waals surface area contributed by atoms with Crippen LogP contribution in [0.3, 0.4) is 0 Å². The van der Waals surface area contributed by atoms with Gasteiger partial charge in [-0.1, -0.05) is 12.1 Å². The van der Waals surface area contributed by atoms with Crippen molar-refractivity contribution in [2.45, 2.75) is 19.4 Å². The maximum absolute atomic E-state index is 10.7. The van der Waals surface area contributed by atoms with Gasteiger partial charge >= 0.3 is 0 Å². The Balaban J connectivity index is 0.00000225. The first kappa shape index (κ1) is 14.8. The van der Waals surface area contributed by atoms with Crippen molar-refractivity contribution >= 4 is 18.1 Å². The predicted molar refractivity (Wildman–Crippen MR) is 63.7 cm³/mol. The lowest BCUT2D eigenvalue weighted by molar-refractivity contribution is -0.385. The highest BCUT2D eigenvalue weighted by Crippen LogP contribution is 2.23. The van der Waals surface area contributed by atoms with Crippen LogP contribution in [0, 0.1) is 17.0 Å². The Morgan fingerprint density at radius 1 is 1.56 bits per heavy atom. The number of rotatable bonds is 4. The van der Waals surface area contributed by atoms with Crippen molar-refractivity contribution in [2.24, 2.45) is 5.73 Å². The second kappa shape index (κ2) is 6.42. The Morgan fingerprint density at radius 2 is 2.19 bits per heavy atom. The third kappa shape index (κ3) is 3.44. The fourth-order valence-electron chi connectivity index (χ4n) is 1.36. The Hall–Kier alpha value is -1.17. The van der Waals surface area contributed by atoms with Crippen LogP contribution < -0.4 is 5.73 Å². The van der Waals surface area contributed by atoms with Crippen molar-refractivity contribution in [1.82, 2.24) is 0 Å². The number of aryl methyl sites for hydroxylation is 1. The van der Waals surface area contributed by atoms with Crippen LogP contribution in [-0.2, 0) is 0 Å². The molecule has 0 unspecified atom stereocenters. The maximum atomic E-state index is 10.7. The number of nitro groups is 1. The minimum absolute atomic E-state index is 0. The van der Waals surface area contributed by atoms with E-state index in [-0.39, 0.29) is 30.7 Å². The molecule has 0 bridgehead atoms. The summed E-state index contributed by atoms with van der Waals surface area (Å²) < 4.78 is 0.